The molecule has 1 aromatic carbocycles. The summed E-state index contributed by atoms with van der Waals surface area (Å²) in [6.07, 6.45) is 4.20. The van der Waals surface area contributed by atoms with Crippen molar-refractivity contribution in [2.24, 2.45) is 16.9 Å². The Hall–Kier alpha value is -2.31. The molecular formula is C21H30N2O4. The number of phenols is 1. The Kier molecular flexibility index (Phi) is 6.34. The zero-order chi connectivity index (χ0) is 20.2. The topological polar surface area (TPSA) is 119 Å². The smallest absolute Gasteiger partial charge is 0.160 e. The molecule has 0 saturated heterocycles. The fraction of sp³-hybridized carbons (Fsp3) is 0.476. The lowest BCUT2D eigenvalue weighted by Crippen LogP contribution is -2.46. The molecule has 6 heteroatoms. The second-order valence-electron chi connectivity index (χ2n) is 8.07. The predicted octanol–water partition coefficient (Wildman–Crippen LogP) is 2.71. The molecule has 0 aromatic heterocycles. The minimum Gasteiger partial charge on any atom is -0.508 e. The van der Waals surface area contributed by atoms with Crippen LogP contribution in [0.15, 0.2) is 47.9 Å². The number of ether oxygens (including phenoxy) is 1. The fourth-order valence-corrected chi connectivity index (χ4v) is 3.29. The van der Waals surface area contributed by atoms with E-state index in [1.54, 1.807) is 30.3 Å². The monoisotopic (exact) mass is 374 g/mol. The van der Waals surface area contributed by atoms with Crippen LogP contribution in [0.4, 0.5) is 0 Å². The molecule has 2 atom stereocenters. The first kappa shape index (κ1) is 21.0. The van der Waals surface area contributed by atoms with Gasteiger partial charge in [0, 0.05) is 6.42 Å². The van der Waals surface area contributed by atoms with Crippen molar-refractivity contribution < 1.29 is 19.7 Å². The van der Waals surface area contributed by atoms with Crippen LogP contribution in [0.25, 0.3) is 0 Å². The Morgan fingerprint density at radius 3 is 2.44 bits per heavy atom. The van der Waals surface area contributed by atoms with Crippen LogP contribution in [0.3, 0.4) is 0 Å². The molecule has 0 heterocycles. The third-order valence-electron chi connectivity index (χ3n) is 4.56. The van der Waals surface area contributed by atoms with E-state index in [0.29, 0.717) is 25.1 Å². The number of hydrogen-bond donors (Lipinski definition) is 4. The molecule has 0 spiro atoms. The first-order valence-corrected chi connectivity index (χ1v) is 9.14. The van der Waals surface area contributed by atoms with Crippen molar-refractivity contribution in [2.75, 3.05) is 6.54 Å². The third-order valence-corrected chi connectivity index (χ3v) is 4.56. The Morgan fingerprint density at radius 2 is 1.89 bits per heavy atom. The summed E-state index contributed by atoms with van der Waals surface area (Å²) >= 11 is 0. The van der Waals surface area contributed by atoms with E-state index in [1.807, 2.05) is 20.8 Å². The van der Waals surface area contributed by atoms with Gasteiger partial charge in [0.15, 0.2) is 11.5 Å². The van der Waals surface area contributed by atoms with Gasteiger partial charge in [0.2, 0.25) is 0 Å². The number of ketones is 1. The maximum atomic E-state index is 13.3. The number of hydrogen-bond acceptors (Lipinski definition) is 6. The average molecular weight is 374 g/mol. The minimum absolute atomic E-state index is 0.0254. The van der Waals surface area contributed by atoms with Crippen molar-refractivity contribution in [1.82, 2.24) is 0 Å². The fourth-order valence-electron chi connectivity index (χ4n) is 3.29. The van der Waals surface area contributed by atoms with E-state index in [-0.39, 0.29) is 23.7 Å². The van der Waals surface area contributed by atoms with Crippen molar-refractivity contribution in [1.29, 1.82) is 0 Å². The van der Waals surface area contributed by atoms with Crippen LogP contribution < -0.4 is 11.5 Å². The number of carbonyl (C=O) groups is 1. The summed E-state index contributed by atoms with van der Waals surface area (Å²) in [6, 6.07) is 5.89. The summed E-state index contributed by atoms with van der Waals surface area (Å²) in [7, 11) is 0. The minimum atomic E-state index is -0.905. The lowest BCUT2D eigenvalue weighted by Gasteiger charge is -2.36. The second-order valence-corrected chi connectivity index (χ2v) is 8.07. The van der Waals surface area contributed by atoms with Crippen molar-refractivity contribution >= 4 is 5.78 Å². The summed E-state index contributed by atoms with van der Waals surface area (Å²) in [5.74, 6) is 0.430. The van der Waals surface area contributed by atoms with E-state index in [9.17, 15) is 15.0 Å². The van der Waals surface area contributed by atoms with Gasteiger partial charge in [-0.3, -0.25) is 4.79 Å². The van der Waals surface area contributed by atoms with E-state index >= 15 is 0 Å². The molecule has 148 valence electrons. The molecule has 1 aromatic rings. The summed E-state index contributed by atoms with van der Waals surface area (Å²) < 4.78 is 5.87. The number of aromatic hydroxyl groups is 1. The highest BCUT2D eigenvalue weighted by Crippen LogP contribution is 2.40. The van der Waals surface area contributed by atoms with Crippen LogP contribution in [-0.4, -0.2) is 34.2 Å². The number of aliphatic hydroxyl groups excluding tert-OH is 1. The van der Waals surface area contributed by atoms with E-state index in [1.165, 1.54) is 6.08 Å². The summed E-state index contributed by atoms with van der Waals surface area (Å²) in [6.45, 7) is 5.96. The van der Waals surface area contributed by atoms with Crippen LogP contribution in [0.5, 0.6) is 5.75 Å². The molecule has 6 N–H and O–H groups in total. The highest BCUT2D eigenvalue weighted by atomic mass is 16.5. The number of allylic oxidation sites excluding steroid dienone is 3. The number of benzene rings is 1. The lowest BCUT2D eigenvalue weighted by atomic mass is 9.71. The maximum absolute atomic E-state index is 13.3. The molecule has 6 nitrogen and oxygen atoms in total. The normalized spacial score (nSPS) is 21.2. The lowest BCUT2D eigenvalue weighted by molar-refractivity contribution is -0.128. The van der Waals surface area contributed by atoms with Crippen molar-refractivity contribution in [3.05, 3.63) is 53.5 Å². The molecule has 0 bridgehead atoms. The van der Waals surface area contributed by atoms with Gasteiger partial charge < -0.3 is 26.4 Å². The highest BCUT2D eigenvalue weighted by Gasteiger charge is 2.42. The van der Waals surface area contributed by atoms with E-state index < -0.39 is 17.1 Å². The average Bonchev–Trinajstić information content (AvgIpc) is 2.58. The molecular weight excluding hydrogens is 344 g/mol. The molecule has 2 rings (SSSR count). The molecule has 0 aliphatic heterocycles. The molecule has 1 aliphatic rings. The molecule has 0 amide bonds. The number of aliphatic hydroxyl groups is 1. The van der Waals surface area contributed by atoms with Crippen LogP contribution in [-0.2, 0) is 16.0 Å². The van der Waals surface area contributed by atoms with Crippen molar-refractivity contribution in [3.8, 4) is 5.75 Å². The van der Waals surface area contributed by atoms with E-state index in [0.717, 1.165) is 5.56 Å². The summed E-state index contributed by atoms with van der Waals surface area (Å²) in [5, 5.41) is 19.6. The van der Waals surface area contributed by atoms with Gasteiger partial charge in [-0.1, -0.05) is 18.2 Å². The SMILES string of the molecule is CC(C)(C)OC1=C(O)C=CC(CCN)(C(=O)[C@@H](N)Cc2ccc(O)cc2)C1. The molecule has 0 saturated carbocycles. The van der Waals surface area contributed by atoms with Gasteiger partial charge in [0.1, 0.15) is 17.1 Å². The van der Waals surface area contributed by atoms with Crippen LogP contribution >= 0.6 is 0 Å². The predicted molar refractivity (Wildman–Crippen MR) is 105 cm³/mol. The molecule has 27 heavy (non-hydrogen) atoms. The maximum Gasteiger partial charge on any atom is 0.160 e. The summed E-state index contributed by atoms with van der Waals surface area (Å²) in [4.78, 5) is 13.3. The number of nitrogens with two attached hydrogens (primary N) is 2. The Labute approximate surface area is 160 Å². The Bertz CT molecular complexity index is 732. The molecule has 0 fully saturated rings. The second kappa shape index (κ2) is 8.15. The van der Waals surface area contributed by atoms with Crippen LogP contribution in [0.2, 0.25) is 0 Å². The van der Waals surface area contributed by atoms with Gasteiger partial charge in [-0.2, -0.15) is 0 Å². The molecule has 1 aliphatic carbocycles. The zero-order valence-corrected chi connectivity index (χ0v) is 16.2. The van der Waals surface area contributed by atoms with Crippen molar-refractivity contribution in [3.63, 3.8) is 0 Å². The van der Waals surface area contributed by atoms with E-state index in [4.69, 9.17) is 16.2 Å². The van der Waals surface area contributed by atoms with Gasteiger partial charge in [-0.15, -0.1) is 0 Å². The highest BCUT2D eigenvalue weighted by molar-refractivity contribution is 5.92. The molecule has 0 radical (unpaired) electrons. The quantitative estimate of drug-likeness (QED) is 0.583. The van der Waals surface area contributed by atoms with Crippen LogP contribution in [0, 0.1) is 5.41 Å². The van der Waals surface area contributed by atoms with Gasteiger partial charge >= 0.3 is 0 Å². The van der Waals surface area contributed by atoms with Gasteiger partial charge in [-0.25, -0.2) is 0 Å². The largest absolute Gasteiger partial charge is 0.508 e. The Balaban J connectivity index is 2.23. The summed E-state index contributed by atoms with van der Waals surface area (Å²) in [5.41, 5.74) is 11.5. The first-order chi connectivity index (χ1) is 12.6. The van der Waals surface area contributed by atoms with E-state index in [2.05, 4.69) is 0 Å². The van der Waals surface area contributed by atoms with Gasteiger partial charge in [-0.05, 0) is 63.9 Å². The number of carbonyl (C=O) groups excluding carboxylic acids is 1. The van der Waals surface area contributed by atoms with Crippen LogP contribution in [0.1, 0.15) is 39.2 Å². The number of phenolic OH excluding ortho intramolecular Hbond substituents is 1. The first-order valence-electron chi connectivity index (χ1n) is 9.14. The standard InChI is InChI=1S/C21H30N2O4/c1-20(2,3)27-18-13-21(10-11-22,9-8-17(18)25)19(26)16(23)12-14-4-6-15(24)7-5-14/h4-9,16,24-25H,10-13,22-23H2,1-3H3/t16-,21?/m0/s1. The number of Topliss-reactive ketones (excluding diaryl/α,β-unsaturated/α-hetero) is 1. The van der Waals surface area contributed by atoms with Gasteiger partial charge in [0.25, 0.3) is 0 Å². The van der Waals surface area contributed by atoms with Gasteiger partial charge in [0.05, 0.1) is 11.5 Å². The third kappa shape index (κ3) is 5.34. The number of rotatable bonds is 7. The molecule has 1 unspecified atom stereocenters. The zero-order valence-electron chi connectivity index (χ0n) is 16.2. The van der Waals surface area contributed by atoms with Crippen molar-refractivity contribution in [2.45, 2.75) is 51.7 Å². The Morgan fingerprint density at radius 1 is 1.26 bits per heavy atom.